The molecule has 0 N–H and O–H groups in total. The standard InChI is InChI=1S/C14H25N3O2/c1-11(2)14-15-13(19-16-14)10-17(3)8-4-6-12-7-5-9-18-12/h11-12H,4-10H2,1-3H3/t12-/m0/s1. The minimum atomic E-state index is 0.322. The average molecular weight is 267 g/mol. The molecule has 0 spiro atoms. The molecule has 2 heterocycles. The van der Waals surface area contributed by atoms with Crippen molar-refractivity contribution < 1.29 is 9.26 Å². The quantitative estimate of drug-likeness (QED) is 0.760. The van der Waals surface area contributed by atoms with Crippen molar-refractivity contribution in [2.45, 2.75) is 58.1 Å². The predicted molar refractivity (Wildman–Crippen MR) is 72.9 cm³/mol. The molecule has 1 aliphatic heterocycles. The van der Waals surface area contributed by atoms with Crippen molar-refractivity contribution in [2.75, 3.05) is 20.2 Å². The van der Waals surface area contributed by atoms with Crippen LogP contribution in [-0.2, 0) is 11.3 Å². The van der Waals surface area contributed by atoms with Gasteiger partial charge < -0.3 is 9.26 Å². The van der Waals surface area contributed by atoms with Crippen LogP contribution in [0.2, 0.25) is 0 Å². The molecule has 1 aromatic heterocycles. The second-order valence-electron chi connectivity index (χ2n) is 5.72. The van der Waals surface area contributed by atoms with Gasteiger partial charge >= 0.3 is 0 Å². The molecule has 0 radical (unpaired) electrons. The minimum Gasteiger partial charge on any atom is -0.378 e. The maximum atomic E-state index is 5.62. The van der Waals surface area contributed by atoms with Gasteiger partial charge in [0.25, 0.3) is 0 Å². The van der Waals surface area contributed by atoms with Gasteiger partial charge in [0, 0.05) is 12.5 Å². The number of hydrogen-bond donors (Lipinski definition) is 0. The Labute approximate surface area is 115 Å². The van der Waals surface area contributed by atoms with E-state index >= 15 is 0 Å². The molecule has 19 heavy (non-hydrogen) atoms. The van der Waals surface area contributed by atoms with E-state index < -0.39 is 0 Å². The molecular weight excluding hydrogens is 242 g/mol. The summed E-state index contributed by atoms with van der Waals surface area (Å²) in [6, 6.07) is 0. The second kappa shape index (κ2) is 7.01. The van der Waals surface area contributed by atoms with Crippen molar-refractivity contribution in [2.24, 2.45) is 0 Å². The van der Waals surface area contributed by atoms with E-state index in [-0.39, 0.29) is 0 Å². The summed E-state index contributed by atoms with van der Waals surface area (Å²) >= 11 is 0. The Morgan fingerprint density at radius 2 is 2.26 bits per heavy atom. The molecule has 1 fully saturated rings. The predicted octanol–water partition coefficient (Wildman–Crippen LogP) is 2.58. The van der Waals surface area contributed by atoms with E-state index in [1.807, 2.05) is 0 Å². The Bertz CT molecular complexity index is 373. The zero-order valence-electron chi connectivity index (χ0n) is 12.3. The molecule has 1 atom stereocenters. The third-order valence-corrected chi connectivity index (χ3v) is 3.50. The molecular formula is C14H25N3O2. The molecule has 5 heteroatoms. The zero-order valence-corrected chi connectivity index (χ0v) is 12.3. The van der Waals surface area contributed by atoms with Crippen molar-refractivity contribution in [3.63, 3.8) is 0 Å². The van der Waals surface area contributed by atoms with Crippen LogP contribution in [-0.4, -0.2) is 41.3 Å². The molecule has 1 aromatic rings. The van der Waals surface area contributed by atoms with Crippen LogP contribution in [0.4, 0.5) is 0 Å². The van der Waals surface area contributed by atoms with Gasteiger partial charge in [-0.1, -0.05) is 19.0 Å². The lowest BCUT2D eigenvalue weighted by Gasteiger charge is -2.15. The van der Waals surface area contributed by atoms with Gasteiger partial charge in [0.05, 0.1) is 12.6 Å². The monoisotopic (exact) mass is 267 g/mol. The fourth-order valence-corrected chi connectivity index (χ4v) is 2.34. The largest absolute Gasteiger partial charge is 0.378 e. The number of rotatable bonds is 7. The van der Waals surface area contributed by atoms with E-state index in [1.54, 1.807) is 0 Å². The van der Waals surface area contributed by atoms with Crippen LogP contribution in [0, 0.1) is 0 Å². The number of hydrogen-bond acceptors (Lipinski definition) is 5. The highest BCUT2D eigenvalue weighted by molar-refractivity contribution is 4.91. The van der Waals surface area contributed by atoms with Crippen molar-refractivity contribution >= 4 is 0 Å². The van der Waals surface area contributed by atoms with E-state index in [2.05, 4.69) is 35.9 Å². The molecule has 2 rings (SSSR count). The lowest BCUT2D eigenvalue weighted by Crippen LogP contribution is -2.20. The van der Waals surface area contributed by atoms with Crippen molar-refractivity contribution in [1.29, 1.82) is 0 Å². The number of nitrogens with zero attached hydrogens (tertiary/aromatic N) is 3. The van der Waals surface area contributed by atoms with Crippen LogP contribution >= 0.6 is 0 Å². The van der Waals surface area contributed by atoms with Crippen LogP contribution in [0.15, 0.2) is 4.52 Å². The Morgan fingerprint density at radius 1 is 1.42 bits per heavy atom. The van der Waals surface area contributed by atoms with E-state index in [1.165, 1.54) is 12.8 Å². The van der Waals surface area contributed by atoms with E-state index in [9.17, 15) is 0 Å². The maximum Gasteiger partial charge on any atom is 0.240 e. The maximum absolute atomic E-state index is 5.62. The number of aromatic nitrogens is 2. The highest BCUT2D eigenvalue weighted by Crippen LogP contribution is 2.17. The highest BCUT2D eigenvalue weighted by Gasteiger charge is 2.15. The van der Waals surface area contributed by atoms with Gasteiger partial charge in [-0.05, 0) is 39.3 Å². The molecule has 0 unspecified atom stereocenters. The summed E-state index contributed by atoms with van der Waals surface area (Å²) in [7, 11) is 2.09. The van der Waals surface area contributed by atoms with Crippen LogP contribution in [0.1, 0.15) is 57.2 Å². The fraction of sp³-hybridized carbons (Fsp3) is 0.857. The van der Waals surface area contributed by atoms with Gasteiger partial charge in [0.15, 0.2) is 5.82 Å². The molecule has 1 aliphatic rings. The van der Waals surface area contributed by atoms with Crippen LogP contribution in [0.5, 0.6) is 0 Å². The first-order valence-electron chi connectivity index (χ1n) is 7.27. The summed E-state index contributed by atoms with van der Waals surface area (Å²) in [6.07, 6.45) is 5.26. The van der Waals surface area contributed by atoms with Gasteiger partial charge in [-0.2, -0.15) is 4.98 Å². The molecule has 1 saturated heterocycles. The first-order chi connectivity index (χ1) is 9.15. The summed E-state index contributed by atoms with van der Waals surface area (Å²) in [4.78, 5) is 6.62. The lowest BCUT2D eigenvalue weighted by molar-refractivity contribution is 0.0991. The molecule has 108 valence electrons. The Morgan fingerprint density at radius 3 is 2.89 bits per heavy atom. The lowest BCUT2D eigenvalue weighted by atomic mass is 10.1. The second-order valence-corrected chi connectivity index (χ2v) is 5.72. The first-order valence-corrected chi connectivity index (χ1v) is 7.27. The summed E-state index contributed by atoms with van der Waals surface area (Å²) in [6.45, 7) is 6.85. The SMILES string of the molecule is CC(C)c1noc(CN(C)CCC[C@H]2CCCO2)n1. The van der Waals surface area contributed by atoms with Crippen molar-refractivity contribution in [3.05, 3.63) is 11.7 Å². The molecule has 0 amide bonds. The van der Waals surface area contributed by atoms with Crippen LogP contribution in [0.3, 0.4) is 0 Å². The fourth-order valence-electron chi connectivity index (χ4n) is 2.34. The highest BCUT2D eigenvalue weighted by atomic mass is 16.5. The van der Waals surface area contributed by atoms with Crippen molar-refractivity contribution in [3.8, 4) is 0 Å². The smallest absolute Gasteiger partial charge is 0.240 e. The van der Waals surface area contributed by atoms with E-state index in [0.29, 0.717) is 17.9 Å². The van der Waals surface area contributed by atoms with Gasteiger partial charge in [0.2, 0.25) is 5.89 Å². The van der Waals surface area contributed by atoms with Crippen LogP contribution < -0.4 is 0 Å². The minimum absolute atomic E-state index is 0.322. The van der Waals surface area contributed by atoms with Crippen molar-refractivity contribution in [1.82, 2.24) is 15.0 Å². The van der Waals surface area contributed by atoms with E-state index in [4.69, 9.17) is 9.26 Å². The summed E-state index contributed by atoms with van der Waals surface area (Å²) in [5, 5.41) is 3.98. The van der Waals surface area contributed by atoms with Gasteiger partial charge in [-0.15, -0.1) is 0 Å². The third-order valence-electron chi connectivity index (χ3n) is 3.50. The molecule has 0 aromatic carbocycles. The molecule has 5 nitrogen and oxygen atoms in total. The topological polar surface area (TPSA) is 51.4 Å². The Hall–Kier alpha value is -0.940. The average Bonchev–Trinajstić information content (AvgIpc) is 3.00. The van der Waals surface area contributed by atoms with E-state index in [0.717, 1.165) is 38.4 Å². The first kappa shape index (κ1) is 14.5. The van der Waals surface area contributed by atoms with Gasteiger partial charge in [0.1, 0.15) is 0 Å². The summed E-state index contributed by atoms with van der Waals surface area (Å²) in [5.41, 5.74) is 0. The molecule has 0 bridgehead atoms. The van der Waals surface area contributed by atoms with Gasteiger partial charge in [-0.25, -0.2) is 0 Å². The summed E-state index contributed by atoms with van der Waals surface area (Å²) in [5.74, 6) is 1.83. The number of ether oxygens (including phenoxy) is 1. The molecule has 0 saturated carbocycles. The third kappa shape index (κ3) is 4.58. The zero-order chi connectivity index (χ0) is 13.7. The van der Waals surface area contributed by atoms with Crippen LogP contribution in [0.25, 0.3) is 0 Å². The van der Waals surface area contributed by atoms with Gasteiger partial charge in [-0.3, -0.25) is 4.90 Å². The Kier molecular flexibility index (Phi) is 5.34. The Balaban J connectivity index is 1.66. The molecule has 0 aliphatic carbocycles. The summed E-state index contributed by atoms with van der Waals surface area (Å²) < 4.78 is 10.9. The normalized spacial score (nSPS) is 19.7.